The third-order valence-corrected chi connectivity index (χ3v) is 1.56. The van der Waals surface area contributed by atoms with Gasteiger partial charge in [-0.05, 0) is 0 Å². The van der Waals surface area contributed by atoms with Crippen molar-refractivity contribution < 1.29 is 4.92 Å². The van der Waals surface area contributed by atoms with Gasteiger partial charge in [0.15, 0.2) is 0 Å². The summed E-state index contributed by atoms with van der Waals surface area (Å²) in [5.74, 6) is 0. The molecule has 1 aliphatic rings. The maximum atomic E-state index is 10.2. The maximum absolute atomic E-state index is 10.2. The monoisotopic (exact) mass is 170 g/mol. The van der Waals surface area contributed by atoms with Crippen LogP contribution >= 0.6 is 0 Å². The molecule has 0 amide bonds. The van der Waals surface area contributed by atoms with Crippen LogP contribution in [0.2, 0.25) is 0 Å². The van der Waals surface area contributed by atoms with Crippen LogP contribution < -0.4 is 11.1 Å². The molecule has 0 radical (unpaired) electrons. The van der Waals surface area contributed by atoms with Crippen LogP contribution in [-0.4, -0.2) is 30.3 Å². The van der Waals surface area contributed by atoms with Gasteiger partial charge in [0, 0.05) is 13.1 Å². The number of hydrogen-bond acceptors (Lipinski definition) is 5. The highest BCUT2D eigenvalue weighted by molar-refractivity contribution is 5.75. The number of hydrogen-bond donors (Lipinski definition) is 2. The summed E-state index contributed by atoms with van der Waals surface area (Å²) in [5, 5.41) is 13.2. The molecule has 1 saturated heterocycles. The Balaban J connectivity index is 2.46. The number of nitrogens with zero attached hydrogens (tertiary/aromatic N) is 2. The Labute approximate surface area is 69.3 Å². The summed E-state index contributed by atoms with van der Waals surface area (Å²) in [4.78, 5) is 13.6. The lowest BCUT2D eigenvalue weighted by Crippen LogP contribution is -2.45. The molecule has 0 aromatic heterocycles. The Kier molecular flexibility index (Phi) is 2.76. The van der Waals surface area contributed by atoms with E-state index in [9.17, 15) is 10.1 Å². The predicted octanol–water partition coefficient (Wildman–Crippen LogP) is -0.894. The fourth-order valence-corrected chi connectivity index (χ4v) is 0.712. The van der Waals surface area contributed by atoms with Crippen LogP contribution in [0.1, 0.15) is 0 Å². The summed E-state index contributed by atoms with van der Waals surface area (Å²) in [6.45, 7) is 1.57. The minimum Gasteiger partial charge on any atom is -0.399 e. The molecule has 6 heteroatoms. The molecule has 1 rings (SSSR count). The molecule has 12 heavy (non-hydrogen) atoms. The van der Waals surface area contributed by atoms with Crippen molar-refractivity contribution >= 4 is 6.21 Å². The van der Waals surface area contributed by atoms with E-state index in [1.54, 1.807) is 0 Å². The number of allylic oxidation sites excluding steroid dienone is 1. The Morgan fingerprint density at radius 3 is 2.75 bits per heavy atom. The highest BCUT2D eigenvalue weighted by atomic mass is 16.6. The Morgan fingerprint density at radius 1 is 1.75 bits per heavy atom. The van der Waals surface area contributed by atoms with Crippen molar-refractivity contribution in [3.63, 3.8) is 0 Å². The molecule has 0 atom stereocenters. The first-order valence-electron chi connectivity index (χ1n) is 3.54. The molecule has 3 N–H and O–H groups in total. The summed E-state index contributed by atoms with van der Waals surface area (Å²) < 4.78 is 0. The first-order valence-corrected chi connectivity index (χ1v) is 3.54. The lowest BCUT2D eigenvalue weighted by Gasteiger charge is -2.22. The average molecular weight is 170 g/mol. The van der Waals surface area contributed by atoms with E-state index >= 15 is 0 Å². The highest BCUT2D eigenvalue weighted by Crippen LogP contribution is 1.97. The van der Waals surface area contributed by atoms with Crippen molar-refractivity contribution in [2.75, 3.05) is 13.1 Å². The van der Waals surface area contributed by atoms with Crippen LogP contribution in [0.3, 0.4) is 0 Å². The second-order valence-electron chi connectivity index (χ2n) is 2.44. The van der Waals surface area contributed by atoms with E-state index in [4.69, 9.17) is 5.73 Å². The molecule has 6 nitrogen and oxygen atoms in total. The fourth-order valence-electron chi connectivity index (χ4n) is 0.712. The number of nitrogens with two attached hydrogens (primary N) is 1. The molecular weight excluding hydrogens is 160 g/mol. The molecule has 0 unspecified atom stereocenters. The van der Waals surface area contributed by atoms with Gasteiger partial charge >= 0.3 is 5.70 Å². The average Bonchev–Trinajstić information content (AvgIpc) is 1.93. The van der Waals surface area contributed by atoms with Gasteiger partial charge in [-0.3, -0.25) is 15.1 Å². The molecule has 1 heterocycles. The standard InChI is InChI=1S/C6H10N4O2/c7-1-6(10(11)12)4-9-5-2-8-3-5/h1,4-5,8H,2-3,7H2/b6-1+,9-4?. The van der Waals surface area contributed by atoms with Gasteiger partial charge in [0.25, 0.3) is 0 Å². The van der Waals surface area contributed by atoms with Gasteiger partial charge < -0.3 is 11.1 Å². The van der Waals surface area contributed by atoms with Crippen LogP contribution in [0.5, 0.6) is 0 Å². The molecule has 66 valence electrons. The minimum atomic E-state index is -0.560. The second kappa shape index (κ2) is 3.82. The Hall–Kier alpha value is -1.43. The van der Waals surface area contributed by atoms with Gasteiger partial charge in [0.1, 0.15) is 6.21 Å². The van der Waals surface area contributed by atoms with E-state index in [1.807, 2.05) is 0 Å². The van der Waals surface area contributed by atoms with Crippen molar-refractivity contribution in [1.82, 2.24) is 5.32 Å². The van der Waals surface area contributed by atoms with Crippen molar-refractivity contribution in [2.45, 2.75) is 6.04 Å². The highest BCUT2D eigenvalue weighted by Gasteiger charge is 2.15. The molecule has 0 bridgehead atoms. The fraction of sp³-hybridized carbons (Fsp3) is 0.500. The van der Waals surface area contributed by atoms with Crippen LogP contribution in [0, 0.1) is 10.1 Å². The first-order chi connectivity index (χ1) is 5.74. The lowest BCUT2D eigenvalue weighted by molar-refractivity contribution is -0.414. The van der Waals surface area contributed by atoms with Crippen LogP contribution in [0.4, 0.5) is 0 Å². The molecule has 1 fully saturated rings. The summed E-state index contributed by atoms with van der Waals surface area (Å²) in [6.07, 6.45) is 2.14. The summed E-state index contributed by atoms with van der Waals surface area (Å²) in [5.41, 5.74) is 4.84. The number of nitro groups is 1. The molecule has 0 spiro atoms. The van der Waals surface area contributed by atoms with Crippen LogP contribution in [0.25, 0.3) is 0 Å². The largest absolute Gasteiger partial charge is 0.399 e. The van der Waals surface area contributed by atoms with E-state index in [-0.39, 0.29) is 11.7 Å². The zero-order valence-electron chi connectivity index (χ0n) is 6.43. The smallest absolute Gasteiger partial charge is 0.302 e. The van der Waals surface area contributed by atoms with E-state index in [0.717, 1.165) is 19.3 Å². The minimum absolute atomic E-state index is 0.165. The maximum Gasteiger partial charge on any atom is 0.302 e. The van der Waals surface area contributed by atoms with Crippen LogP contribution in [-0.2, 0) is 0 Å². The summed E-state index contributed by atoms with van der Waals surface area (Å²) in [7, 11) is 0. The zero-order chi connectivity index (χ0) is 8.97. The quantitative estimate of drug-likeness (QED) is 0.326. The number of rotatable bonds is 3. The first kappa shape index (κ1) is 8.66. The van der Waals surface area contributed by atoms with Gasteiger partial charge in [-0.2, -0.15) is 0 Å². The van der Waals surface area contributed by atoms with Crippen molar-refractivity contribution in [2.24, 2.45) is 10.7 Å². The second-order valence-corrected chi connectivity index (χ2v) is 2.44. The molecule has 1 aliphatic heterocycles. The van der Waals surface area contributed by atoms with E-state index in [0.29, 0.717) is 0 Å². The van der Waals surface area contributed by atoms with Gasteiger partial charge in [-0.15, -0.1) is 0 Å². The predicted molar refractivity (Wildman–Crippen MR) is 44.4 cm³/mol. The van der Waals surface area contributed by atoms with E-state index in [1.165, 1.54) is 6.21 Å². The zero-order valence-corrected chi connectivity index (χ0v) is 6.43. The SMILES string of the molecule is N/C=C(\C=NC1CNC1)[N+](=O)[O-]. The summed E-state index contributed by atoms with van der Waals surface area (Å²) in [6, 6.07) is 0.167. The Morgan fingerprint density at radius 2 is 2.42 bits per heavy atom. The molecule has 0 aromatic rings. The van der Waals surface area contributed by atoms with Crippen molar-refractivity contribution in [3.8, 4) is 0 Å². The topological polar surface area (TPSA) is 93.5 Å². The van der Waals surface area contributed by atoms with Crippen molar-refractivity contribution in [1.29, 1.82) is 0 Å². The molecule has 0 aliphatic carbocycles. The normalized spacial score (nSPS) is 19.5. The summed E-state index contributed by atoms with van der Waals surface area (Å²) >= 11 is 0. The van der Waals surface area contributed by atoms with Crippen molar-refractivity contribution in [3.05, 3.63) is 22.0 Å². The van der Waals surface area contributed by atoms with E-state index < -0.39 is 4.92 Å². The molecule has 0 saturated carbocycles. The third kappa shape index (κ3) is 2.03. The van der Waals surface area contributed by atoms with Gasteiger partial charge in [0.2, 0.25) is 0 Å². The number of nitrogens with one attached hydrogen (secondary N) is 1. The molecular formula is C6H10N4O2. The van der Waals surface area contributed by atoms with E-state index in [2.05, 4.69) is 10.3 Å². The lowest BCUT2D eigenvalue weighted by atomic mass is 10.2. The Bertz CT molecular complexity index is 232. The third-order valence-electron chi connectivity index (χ3n) is 1.56. The number of aliphatic imine (C=N–C) groups is 1. The van der Waals surface area contributed by atoms with Gasteiger partial charge in [-0.1, -0.05) is 0 Å². The van der Waals surface area contributed by atoms with Gasteiger partial charge in [0.05, 0.1) is 17.2 Å². The molecule has 0 aromatic carbocycles. The van der Waals surface area contributed by atoms with Crippen LogP contribution in [0.15, 0.2) is 16.9 Å². The van der Waals surface area contributed by atoms with Gasteiger partial charge in [-0.25, -0.2) is 0 Å².